The average molecular weight is 266 g/mol. The van der Waals surface area contributed by atoms with Gasteiger partial charge in [0.15, 0.2) is 0 Å². The van der Waals surface area contributed by atoms with E-state index in [1.807, 2.05) is 6.08 Å². The van der Waals surface area contributed by atoms with Crippen LogP contribution in [0.5, 0.6) is 0 Å². The maximum atomic E-state index is 5.45. The lowest BCUT2D eigenvalue weighted by molar-refractivity contribution is 1.14. The minimum atomic E-state index is 0.879. The fraction of sp³-hybridized carbons (Fsp3) is 0.167. The van der Waals surface area contributed by atoms with E-state index in [1.54, 1.807) is 0 Å². The number of benzene rings is 2. The summed E-state index contributed by atoms with van der Waals surface area (Å²) in [6.07, 6.45) is 5.14. The van der Waals surface area contributed by atoms with Gasteiger partial charge in [0, 0.05) is 4.86 Å². The Labute approximate surface area is 120 Å². The van der Waals surface area contributed by atoms with Crippen molar-refractivity contribution >= 4 is 23.2 Å². The highest BCUT2D eigenvalue weighted by Gasteiger charge is 1.97. The standard InChI is InChI=1S/C18H18S/c1-3-15-7-10-17(11-8-15)18(19)12-9-16-6-4-5-14(2)13-16/h4-13H,3H2,1-2H3. The smallest absolute Gasteiger partial charge is 0.0449 e. The van der Waals surface area contributed by atoms with Crippen molar-refractivity contribution in [3.8, 4) is 0 Å². The molecule has 0 saturated carbocycles. The number of hydrogen-bond acceptors (Lipinski definition) is 1. The summed E-state index contributed by atoms with van der Waals surface area (Å²) < 4.78 is 0. The minimum absolute atomic E-state index is 0.879. The molecule has 0 heterocycles. The summed E-state index contributed by atoms with van der Waals surface area (Å²) in [7, 11) is 0. The second kappa shape index (κ2) is 6.44. The molecule has 0 aliphatic heterocycles. The van der Waals surface area contributed by atoms with Crippen LogP contribution in [0.2, 0.25) is 0 Å². The zero-order valence-corrected chi connectivity index (χ0v) is 12.2. The van der Waals surface area contributed by atoms with Gasteiger partial charge in [-0.05, 0) is 36.1 Å². The SMILES string of the molecule is CCc1ccc(C(=S)C=Cc2cccc(C)c2)cc1. The maximum Gasteiger partial charge on any atom is 0.0449 e. The quantitative estimate of drug-likeness (QED) is 0.427. The molecule has 0 saturated heterocycles. The normalized spacial score (nSPS) is 10.8. The molecule has 0 N–H and O–H groups in total. The molecule has 2 aromatic carbocycles. The van der Waals surface area contributed by atoms with E-state index in [0.717, 1.165) is 16.8 Å². The molecular formula is C18H18S. The Morgan fingerprint density at radius 2 is 1.84 bits per heavy atom. The first-order chi connectivity index (χ1) is 9.19. The third-order valence-electron chi connectivity index (χ3n) is 3.12. The molecule has 0 unspecified atom stereocenters. The third-order valence-corrected chi connectivity index (χ3v) is 3.49. The fourth-order valence-electron chi connectivity index (χ4n) is 1.95. The molecule has 1 heteroatoms. The number of rotatable bonds is 4. The summed E-state index contributed by atoms with van der Waals surface area (Å²) in [6.45, 7) is 4.25. The third kappa shape index (κ3) is 3.87. The summed E-state index contributed by atoms with van der Waals surface area (Å²) in [6, 6.07) is 16.9. The number of aryl methyl sites for hydroxylation is 2. The number of thiocarbonyl (C=S) groups is 1. The molecule has 19 heavy (non-hydrogen) atoms. The van der Waals surface area contributed by atoms with E-state index >= 15 is 0 Å². The van der Waals surface area contributed by atoms with Crippen LogP contribution in [0.15, 0.2) is 54.6 Å². The summed E-state index contributed by atoms with van der Waals surface area (Å²) >= 11 is 5.45. The van der Waals surface area contributed by atoms with Gasteiger partial charge in [-0.2, -0.15) is 0 Å². The van der Waals surface area contributed by atoms with Crippen LogP contribution in [0.25, 0.3) is 6.08 Å². The Morgan fingerprint density at radius 1 is 1.11 bits per heavy atom. The van der Waals surface area contributed by atoms with Crippen molar-refractivity contribution in [2.24, 2.45) is 0 Å². The molecule has 96 valence electrons. The van der Waals surface area contributed by atoms with E-state index in [0.29, 0.717) is 0 Å². The maximum absolute atomic E-state index is 5.45. The lowest BCUT2D eigenvalue weighted by atomic mass is 10.1. The largest absolute Gasteiger partial charge is 0.0795 e. The Bertz CT molecular complexity index is 591. The van der Waals surface area contributed by atoms with Crippen LogP contribution in [0, 0.1) is 6.92 Å². The second-order valence-electron chi connectivity index (χ2n) is 4.66. The lowest BCUT2D eigenvalue weighted by Gasteiger charge is -2.01. The van der Waals surface area contributed by atoms with E-state index in [-0.39, 0.29) is 0 Å². The van der Waals surface area contributed by atoms with E-state index < -0.39 is 0 Å². The van der Waals surface area contributed by atoms with Gasteiger partial charge in [-0.25, -0.2) is 0 Å². The summed E-state index contributed by atoms with van der Waals surface area (Å²) in [5, 5.41) is 0. The number of allylic oxidation sites excluding steroid dienone is 1. The van der Waals surface area contributed by atoms with E-state index in [1.165, 1.54) is 16.7 Å². The summed E-state index contributed by atoms with van der Waals surface area (Å²) in [5.41, 5.74) is 4.90. The van der Waals surface area contributed by atoms with Gasteiger partial charge in [0.05, 0.1) is 0 Å². The van der Waals surface area contributed by atoms with Crippen LogP contribution in [0.3, 0.4) is 0 Å². The minimum Gasteiger partial charge on any atom is -0.0795 e. The highest BCUT2D eigenvalue weighted by molar-refractivity contribution is 7.81. The molecule has 0 atom stereocenters. The molecule has 0 amide bonds. The van der Waals surface area contributed by atoms with Gasteiger partial charge in [-0.1, -0.05) is 79.3 Å². The molecule has 0 radical (unpaired) electrons. The van der Waals surface area contributed by atoms with Crippen LogP contribution in [-0.4, -0.2) is 4.86 Å². The van der Waals surface area contributed by atoms with E-state index in [2.05, 4.69) is 68.5 Å². The lowest BCUT2D eigenvalue weighted by Crippen LogP contribution is -1.92. The Balaban J connectivity index is 2.11. The van der Waals surface area contributed by atoms with Gasteiger partial charge < -0.3 is 0 Å². The van der Waals surface area contributed by atoms with Crippen molar-refractivity contribution in [3.63, 3.8) is 0 Å². The van der Waals surface area contributed by atoms with Crippen molar-refractivity contribution in [1.82, 2.24) is 0 Å². The molecule has 0 aliphatic rings. The van der Waals surface area contributed by atoms with Gasteiger partial charge in [-0.3, -0.25) is 0 Å². The molecule has 0 spiro atoms. The van der Waals surface area contributed by atoms with Crippen LogP contribution >= 0.6 is 12.2 Å². The number of hydrogen-bond donors (Lipinski definition) is 0. The molecule has 0 nitrogen and oxygen atoms in total. The molecule has 0 bridgehead atoms. The highest BCUT2D eigenvalue weighted by atomic mass is 32.1. The zero-order valence-electron chi connectivity index (χ0n) is 11.4. The first-order valence-corrected chi connectivity index (χ1v) is 6.98. The molecule has 0 fully saturated rings. The average Bonchev–Trinajstić information content (AvgIpc) is 2.45. The summed E-state index contributed by atoms with van der Waals surface area (Å²) in [5.74, 6) is 0. The fourth-order valence-corrected chi connectivity index (χ4v) is 2.15. The Hall–Kier alpha value is -1.73. The predicted molar refractivity (Wildman–Crippen MR) is 87.7 cm³/mol. The van der Waals surface area contributed by atoms with E-state index in [9.17, 15) is 0 Å². The van der Waals surface area contributed by atoms with Crippen LogP contribution in [0.1, 0.15) is 29.2 Å². The van der Waals surface area contributed by atoms with Gasteiger partial charge in [0.2, 0.25) is 0 Å². The molecule has 2 rings (SSSR count). The van der Waals surface area contributed by atoms with Crippen molar-refractivity contribution in [2.45, 2.75) is 20.3 Å². The predicted octanol–water partition coefficient (Wildman–Crippen LogP) is 4.99. The van der Waals surface area contributed by atoms with Gasteiger partial charge >= 0.3 is 0 Å². The van der Waals surface area contributed by atoms with Crippen molar-refractivity contribution in [3.05, 3.63) is 76.9 Å². The van der Waals surface area contributed by atoms with Crippen LogP contribution < -0.4 is 0 Å². The zero-order chi connectivity index (χ0) is 13.7. The van der Waals surface area contributed by atoms with E-state index in [4.69, 9.17) is 12.2 Å². The second-order valence-corrected chi connectivity index (χ2v) is 5.10. The van der Waals surface area contributed by atoms with Crippen LogP contribution in [0.4, 0.5) is 0 Å². The van der Waals surface area contributed by atoms with Crippen molar-refractivity contribution < 1.29 is 0 Å². The molecular weight excluding hydrogens is 248 g/mol. The monoisotopic (exact) mass is 266 g/mol. The summed E-state index contributed by atoms with van der Waals surface area (Å²) in [4.78, 5) is 0.879. The van der Waals surface area contributed by atoms with Gasteiger partial charge in [-0.15, -0.1) is 0 Å². The molecule has 2 aromatic rings. The Kier molecular flexibility index (Phi) is 4.64. The van der Waals surface area contributed by atoms with Crippen LogP contribution in [-0.2, 0) is 6.42 Å². The van der Waals surface area contributed by atoms with Gasteiger partial charge in [0.25, 0.3) is 0 Å². The first kappa shape index (κ1) is 13.7. The molecule has 0 aromatic heterocycles. The first-order valence-electron chi connectivity index (χ1n) is 6.57. The highest BCUT2D eigenvalue weighted by Crippen LogP contribution is 2.10. The van der Waals surface area contributed by atoms with Gasteiger partial charge in [0.1, 0.15) is 0 Å². The van der Waals surface area contributed by atoms with Crippen molar-refractivity contribution in [1.29, 1.82) is 0 Å². The Morgan fingerprint density at radius 3 is 2.47 bits per heavy atom. The molecule has 0 aliphatic carbocycles. The topological polar surface area (TPSA) is 0 Å². The van der Waals surface area contributed by atoms with Crippen molar-refractivity contribution in [2.75, 3.05) is 0 Å².